The molecule has 0 aliphatic carbocycles. The monoisotopic (exact) mass is 322 g/mol. The Morgan fingerprint density at radius 1 is 0.864 bits per heavy atom. The lowest BCUT2D eigenvalue weighted by atomic mass is 10.0. The minimum Gasteiger partial charge on any atom is -0.405 e. The average Bonchev–Trinajstić information content (AvgIpc) is 2.37. The summed E-state index contributed by atoms with van der Waals surface area (Å²) in [6.07, 6.45) is -9.91. The Balaban J connectivity index is 2.63. The van der Waals surface area contributed by atoms with Gasteiger partial charge < -0.3 is 10.5 Å². The average molecular weight is 322 g/mol. The van der Waals surface area contributed by atoms with E-state index in [9.17, 15) is 26.3 Å². The molecule has 0 aliphatic heterocycles. The van der Waals surface area contributed by atoms with E-state index in [0.717, 1.165) is 24.3 Å². The topological polar surface area (TPSA) is 48.1 Å². The third-order valence-corrected chi connectivity index (χ3v) is 2.59. The number of alkyl halides is 6. The van der Waals surface area contributed by atoms with Gasteiger partial charge in [0, 0.05) is 11.1 Å². The lowest BCUT2D eigenvalue weighted by Gasteiger charge is -2.16. The molecule has 2 aromatic rings. The van der Waals surface area contributed by atoms with Crippen LogP contribution in [0.5, 0.6) is 5.75 Å². The van der Waals surface area contributed by atoms with E-state index in [0.29, 0.717) is 0 Å². The highest BCUT2D eigenvalue weighted by molar-refractivity contribution is 5.73. The van der Waals surface area contributed by atoms with Gasteiger partial charge in [-0.3, -0.25) is 0 Å². The standard InChI is InChI=1S/C13H8F6N2O/c14-12(15,16)11-8(5-6-10(20)21-11)7-3-1-2-4-9(7)22-13(17,18)19/h1-6H,(H2,20,21). The third kappa shape index (κ3) is 3.60. The van der Waals surface area contributed by atoms with Crippen LogP contribution >= 0.6 is 0 Å². The molecule has 1 aromatic heterocycles. The summed E-state index contributed by atoms with van der Waals surface area (Å²) in [5.74, 6) is -1.16. The Morgan fingerprint density at radius 3 is 2.09 bits per heavy atom. The van der Waals surface area contributed by atoms with E-state index >= 15 is 0 Å². The quantitative estimate of drug-likeness (QED) is 0.841. The maximum Gasteiger partial charge on any atom is 0.573 e. The smallest absolute Gasteiger partial charge is 0.405 e. The summed E-state index contributed by atoms with van der Waals surface area (Å²) < 4.78 is 79.8. The third-order valence-electron chi connectivity index (χ3n) is 2.59. The van der Waals surface area contributed by atoms with E-state index in [2.05, 4.69) is 9.72 Å². The maximum absolute atomic E-state index is 13.0. The molecule has 3 nitrogen and oxygen atoms in total. The number of anilines is 1. The van der Waals surface area contributed by atoms with Crippen molar-refractivity contribution in [2.24, 2.45) is 0 Å². The van der Waals surface area contributed by atoms with Gasteiger partial charge in [-0.1, -0.05) is 18.2 Å². The second-order valence-electron chi connectivity index (χ2n) is 4.17. The van der Waals surface area contributed by atoms with Crippen molar-refractivity contribution in [3.63, 3.8) is 0 Å². The molecular weight excluding hydrogens is 314 g/mol. The zero-order valence-corrected chi connectivity index (χ0v) is 10.7. The van der Waals surface area contributed by atoms with E-state index in [1.165, 1.54) is 12.1 Å². The SMILES string of the molecule is Nc1ccc(-c2ccccc2OC(F)(F)F)c(C(F)(F)F)n1. The van der Waals surface area contributed by atoms with Crippen molar-refractivity contribution in [2.45, 2.75) is 12.5 Å². The van der Waals surface area contributed by atoms with Crippen LogP contribution in [-0.2, 0) is 6.18 Å². The molecule has 2 rings (SSSR count). The van der Waals surface area contributed by atoms with Crippen LogP contribution in [0.2, 0.25) is 0 Å². The number of nitrogens with two attached hydrogens (primary N) is 1. The van der Waals surface area contributed by atoms with E-state index < -0.39 is 35.4 Å². The second-order valence-corrected chi connectivity index (χ2v) is 4.17. The van der Waals surface area contributed by atoms with Crippen molar-refractivity contribution < 1.29 is 31.1 Å². The van der Waals surface area contributed by atoms with Crippen LogP contribution in [0.4, 0.5) is 32.2 Å². The molecule has 1 aromatic carbocycles. The minimum absolute atomic E-state index is 0.389. The number of pyridine rings is 1. The predicted molar refractivity (Wildman–Crippen MR) is 65.8 cm³/mol. The molecule has 0 saturated heterocycles. The minimum atomic E-state index is -5.03. The van der Waals surface area contributed by atoms with Gasteiger partial charge in [0.25, 0.3) is 0 Å². The molecule has 22 heavy (non-hydrogen) atoms. The van der Waals surface area contributed by atoms with Gasteiger partial charge >= 0.3 is 12.5 Å². The zero-order valence-electron chi connectivity index (χ0n) is 10.7. The Bertz CT molecular complexity index is 681. The van der Waals surface area contributed by atoms with Crippen LogP contribution in [0.15, 0.2) is 36.4 Å². The Kier molecular flexibility index (Phi) is 3.90. The number of halogens is 6. The summed E-state index contributed by atoms with van der Waals surface area (Å²) in [5, 5.41) is 0. The van der Waals surface area contributed by atoms with Crippen LogP contribution in [0.25, 0.3) is 11.1 Å². The van der Waals surface area contributed by atoms with Crippen LogP contribution in [0.3, 0.4) is 0 Å². The lowest BCUT2D eigenvalue weighted by Crippen LogP contribution is -2.18. The van der Waals surface area contributed by atoms with Crippen LogP contribution in [0.1, 0.15) is 5.69 Å². The van der Waals surface area contributed by atoms with Crippen molar-refractivity contribution in [1.82, 2.24) is 4.98 Å². The largest absolute Gasteiger partial charge is 0.573 e. The molecule has 0 unspecified atom stereocenters. The van der Waals surface area contributed by atoms with Crippen molar-refractivity contribution in [3.05, 3.63) is 42.1 Å². The summed E-state index contributed by atoms with van der Waals surface area (Å²) in [5.41, 5.74) is 2.89. The molecule has 0 radical (unpaired) electrons. The fraction of sp³-hybridized carbons (Fsp3) is 0.154. The summed E-state index contributed by atoms with van der Waals surface area (Å²) in [6.45, 7) is 0. The first kappa shape index (κ1) is 15.9. The van der Waals surface area contributed by atoms with Gasteiger partial charge in [0.2, 0.25) is 0 Å². The van der Waals surface area contributed by atoms with Gasteiger partial charge in [-0.25, -0.2) is 4.98 Å². The normalized spacial score (nSPS) is 12.3. The zero-order chi connectivity index (χ0) is 16.5. The number of nitrogens with zero attached hydrogens (tertiary/aromatic N) is 1. The molecule has 0 amide bonds. The molecule has 1 heterocycles. The second kappa shape index (κ2) is 5.39. The van der Waals surface area contributed by atoms with E-state index in [1.54, 1.807) is 0 Å². The fourth-order valence-corrected chi connectivity index (χ4v) is 1.81. The lowest BCUT2D eigenvalue weighted by molar-refractivity contribution is -0.274. The highest BCUT2D eigenvalue weighted by Crippen LogP contribution is 2.40. The van der Waals surface area contributed by atoms with Gasteiger partial charge in [0.05, 0.1) is 0 Å². The molecule has 0 atom stereocenters. The van der Waals surface area contributed by atoms with E-state index in [4.69, 9.17) is 5.73 Å². The number of hydrogen-bond donors (Lipinski definition) is 1. The molecule has 0 saturated carbocycles. The number of ether oxygens (including phenoxy) is 1. The molecule has 9 heteroatoms. The summed E-state index contributed by atoms with van der Waals surface area (Å²) in [4.78, 5) is 3.17. The Labute approximate surface area is 120 Å². The summed E-state index contributed by atoms with van der Waals surface area (Å²) >= 11 is 0. The molecule has 0 aliphatic rings. The van der Waals surface area contributed by atoms with Gasteiger partial charge in [-0.2, -0.15) is 13.2 Å². The van der Waals surface area contributed by atoms with E-state index in [1.807, 2.05) is 0 Å². The summed E-state index contributed by atoms with van der Waals surface area (Å²) in [7, 11) is 0. The maximum atomic E-state index is 13.0. The van der Waals surface area contributed by atoms with Crippen molar-refractivity contribution in [3.8, 4) is 16.9 Å². The predicted octanol–water partition coefficient (Wildman–Crippen LogP) is 4.25. The van der Waals surface area contributed by atoms with Gasteiger partial charge in [-0.05, 0) is 18.2 Å². The first-order valence-corrected chi connectivity index (χ1v) is 5.77. The van der Waals surface area contributed by atoms with Gasteiger partial charge in [-0.15, -0.1) is 13.2 Å². The first-order valence-electron chi connectivity index (χ1n) is 5.77. The van der Waals surface area contributed by atoms with Crippen molar-refractivity contribution in [2.75, 3.05) is 5.73 Å². The number of para-hydroxylation sites is 1. The number of nitrogen functional groups attached to an aromatic ring is 1. The number of benzene rings is 1. The van der Waals surface area contributed by atoms with Crippen LogP contribution in [0, 0.1) is 0 Å². The highest BCUT2D eigenvalue weighted by Gasteiger charge is 2.38. The number of rotatable bonds is 2. The van der Waals surface area contributed by atoms with Gasteiger partial charge in [0.1, 0.15) is 11.6 Å². The Morgan fingerprint density at radius 2 is 1.50 bits per heavy atom. The molecule has 2 N–H and O–H groups in total. The van der Waals surface area contributed by atoms with Crippen molar-refractivity contribution in [1.29, 1.82) is 0 Å². The van der Waals surface area contributed by atoms with Crippen LogP contribution < -0.4 is 10.5 Å². The molecule has 0 bridgehead atoms. The molecule has 0 fully saturated rings. The molecular formula is C13H8F6N2O. The number of aromatic nitrogens is 1. The molecule has 0 spiro atoms. The van der Waals surface area contributed by atoms with Crippen molar-refractivity contribution >= 4 is 5.82 Å². The molecule has 118 valence electrons. The van der Waals surface area contributed by atoms with E-state index in [-0.39, 0.29) is 5.56 Å². The highest BCUT2D eigenvalue weighted by atomic mass is 19.4. The number of hydrogen-bond acceptors (Lipinski definition) is 3. The Hall–Kier alpha value is -2.45. The first-order chi connectivity index (χ1) is 10.1. The fourth-order valence-electron chi connectivity index (χ4n) is 1.81. The summed E-state index contributed by atoms with van der Waals surface area (Å²) in [6, 6.07) is 6.50. The van der Waals surface area contributed by atoms with Crippen LogP contribution in [-0.4, -0.2) is 11.3 Å². The van der Waals surface area contributed by atoms with Gasteiger partial charge in [0.15, 0.2) is 5.69 Å².